The first-order chi connectivity index (χ1) is 12.1. The van der Waals surface area contributed by atoms with Crippen molar-refractivity contribution in [2.24, 2.45) is 0 Å². The van der Waals surface area contributed by atoms with Crippen molar-refractivity contribution < 1.29 is 9.53 Å². The van der Waals surface area contributed by atoms with Crippen LogP contribution in [0.1, 0.15) is 38.2 Å². The number of likely N-dealkylation sites (N-methyl/N-ethyl adjacent to an activating group) is 1. The summed E-state index contributed by atoms with van der Waals surface area (Å²) in [6.45, 7) is 2.65. The summed E-state index contributed by atoms with van der Waals surface area (Å²) >= 11 is 0. The predicted octanol–water partition coefficient (Wildman–Crippen LogP) is 3.12. The molecule has 5 heteroatoms. The third-order valence-electron chi connectivity index (χ3n) is 5.20. The number of benzene rings is 1. The van der Waals surface area contributed by atoms with E-state index in [-0.39, 0.29) is 11.9 Å². The second kappa shape index (κ2) is 7.83. The van der Waals surface area contributed by atoms with E-state index in [1.807, 2.05) is 26.1 Å². The quantitative estimate of drug-likeness (QED) is 0.877. The lowest BCUT2D eigenvalue weighted by molar-refractivity contribution is -0.126. The molecule has 1 N–H and O–H groups in total. The van der Waals surface area contributed by atoms with Crippen LogP contribution in [0.5, 0.6) is 5.75 Å². The van der Waals surface area contributed by atoms with Crippen molar-refractivity contribution in [3.05, 3.63) is 36.0 Å². The van der Waals surface area contributed by atoms with Crippen molar-refractivity contribution in [1.82, 2.24) is 15.2 Å². The molecule has 3 rings (SSSR count). The van der Waals surface area contributed by atoms with Gasteiger partial charge in [0.2, 0.25) is 5.91 Å². The lowest BCUT2D eigenvalue weighted by Gasteiger charge is -2.26. The number of methoxy groups -OCH3 is 1. The number of nitrogens with one attached hydrogen (secondary N) is 1. The van der Waals surface area contributed by atoms with Gasteiger partial charge in [-0.1, -0.05) is 25.0 Å². The summed E-state index contributed by atoms with van der Waals surface area (Å²) in [5.74, 6) is 0.888. The highest BCUT2D eigenvalue weighted by Crippen LogP contribution is 2.27. The van der Waals surface area contributed by atoms with Crippen molar-refractivity contribution in [3.8, 4) is 5.75 Å². The van der Waals surface area contributed by atoms with Gasteiger partial charge in [0.15, 0.2) is 0 Å². The van der Waals surface area contributed by atoms with Crippen LogP contribution in [0.15, 0.2) is 30.5 Å². The molecule has 1 amide bonds. The molecule has 2 aromatic rings. The van der Waals surface area contributed by atoms with Crippen LogP contribution >= 0.6 is 0 Å². The van der Waals surface area contributed by atoms with Crippen LogP contribution in [0.3, 0.4) is 0 Å². The van der Waals surface area contributed by atoms with Crippen molar-refractivity contribution in [1.29, 1.82) is 0 Å². The van der Waals surface area contributed by atoms with E-state index in [2.05, 4.69) is 27.3 Å². The average Bonchev–Trinajstić information content (AvgIpc) is 3.14. The van der Waals surface area contributed by atoms with Gasteiger partial charge < -0.3 is 10.1 Å². The molecule has 1 fully saturated rings. The molecule has 1 aromatic carbocycles. The minimum atomic E-state index is -0.172. The number of nitrogens with zero attached hydrogens (tertiary/aromatic N) is 2. The van der Waals surface area contributed by atoms with Gasteiger partial charge in [-0.05, 0) is 44.5 Å². The Hall–Kier alpha value is -2.14. The Balaban J connectivity index is 1.73. The number of hydrogen-bond donors (Lipinski definition) is 1. The van der Waals surface area contributed by atoms with E-state index in [1.165, 1.54) is 12.8 Å². The lowest BCUT2D eigenvalue weighted by Crippen LogP contribution is -2.46. The molecule has 1 aliphatic rings. The first-order valence-electron chi connectivity index (χ1n) is 9.01. The Kier molecular flexibility index (Phi) is 5.53. The number of fused-ring (bicyclic) bond motifs is 1. The molecule has 1 aromatic heterocycles. The molecule has 1 atom stereocenters. The van der Waals surface area contributed by atoms with Gasteiger partial charge in [-0.2, -0.15) is 0 Å². The smallest absolute Gasteiger partial charge is 0.237 e. The molecule has 1 saturated carbocycles. The maximum atomic E-state index is 12.5. The summed E-state index contributed by atoms with van der Waals surface area (Å²) in [5.41, 5.74) is 2.01. The largest absolute Gasteiger partial charge is 0.494 e. The SMILES string of the molecule is COc1ccc(CN(C)[C@H](C)C(=O)NC2CCCC2)c2cccnc12. The molecule has 5 nitrogen and oxygen atoms in total. The molecule has 0 radical (unpaired) electrons. The minimum absolute atomic E-state index is 0.116. The van der Waals surface area contributed by atoms with Gasteiger partial charge in [-0.15, -0.1) is 0 Å². The standard InChI is InChI=1S/C20H27N3O2/c1-14(20(24)22-16-7-4-5-8-16)23(2)13-15-10-11-18(25-3)19-17(15)9-6-12-21-19/h6,9-12,14,16H,4-5,7-8,13H2,1-3H3,(H,22,24)/t14-/m1/s1. The Labute approximate surface area is 149 Å². The Bertz CT molecular complexity index is 741. The Morgan fingerprint density at radius 3 is 2.84 bits per heavy atom. The number of hydrogen-bond acceptors (Lipinski definition) is 4. The molecule has 25 heavy (non-hydrogen) atoms. The Morgan fingerprint density at radius 2 is 2.12 bits per heavy atom. The minimum Gasteiger partial charge on any atom is -0.494 e. The van der Waals surface area contributed by atoms with Crippen LogP contribution in [-0.4, -0.2) is 42.0 Å². The molecule has 1 aliphatic carbocycles. The molecule has 0 bridgehead atoms. The van der Waals surface area contributed by atoms with Gasteiger partial charge in [0.25, 0.3) is 0 Å². The van der Waals surface area contributed by atoms with E-state index in [1.54, 1.807) is 13.3 Å². The van der Waals surface area contributed by atoms with E-state index < -0.39 is 0 Å². The van der Waals surface area contributed by atoms with Crippen LogP contribution in [0.2, 0.25) is 0 Å². The zero-order chi connectivity index (χ0) is 17.8. The monoisotopic (exact) mass is 341 g/mol. The molecular weight excluding hydrogens is 314 g/mol. The number of amides is 1. The van der Waals surface area contributed by atoms with Gasteiger partial charge in [0, 0.05) is 24.2 Å². The summed E-state index contributed by atoms with van der Waals surface area (Å²) in [4.78, 5) is 19.0. The van der Waals surface area contributed by atoms with Crippen LogP contribution in [-0.2, 0) is 11.3 Å². The van der Waals surface area contributed by atoms with Gasteiger partial charge in [-0.25, -0.2) is 0 Å². The van der Waals surface area contributed by atoms with Crippen LogP contribution in [0, 0.1) is 0 Å². The van der Waals surface area contributed by atoms with Gasteiger partial charge in [0.1, 0.15) is 11.3 Å². The van der Waals surface area contributed by atoms with Crippen molar-refractivity contribution in [2.45, 2.75) is 51.2 Å². The van der Waals surface area contributed by atoms with Crippen LogP contribution < -0.4 is 10.1 Å². The summed E-state index contributed by atoms with van der Waals surface area (Å²) < 4.78 is 5.41. The Morgan fingerprint density at radius 1 is 1.36 bits per heavy atom. The topological polar surface area (TPSA) is 54.5 Å². The van der Waals surface area contributed by atoms with E-state index in [4.69, 9.17) is 4.74 Å². The number of rotatable bonds is 6. The maximum absolute atomic E-state index is 12.5. The fourth-order valence-corrected chi connectivity index (χ4v) is 3.51. The molecule has 0 aliphatic heterocycles. The van der Waals surface area contributed by atoms with Crippen LogP contribution in [0.4, 0.5) is 0 Å². The third kappa shape index (κ3) is 3.93. The van der Waals surface area contributed by atoms with Gasteiger partial charge >= 0.3 is 0 Å². The maximum Gasteiger partial charge on any atom is 0.237 e. The first-order valence-corrected chi connectivity index (χ1v) is 9.01. The molecule has 0 unspecified atom stereocenters. The van der Waals surface area contributed by atoms with E-state index in [0.29, 0.717) is 12.6 Å². The fraction of sp³-hybridized carbons (Fsp3) is 0.500. The van der Waals surface area contributed by atoms with Gasteiger partial charge in [-0.3, -0.25) is 14.7 Å². The highest BCUT2D eigenvalue weighted by Gasteiger charge is 2.23. The zero-order valence-corrected chi connectivity index (χ0v) is 15.3. The third-order valence-corrected chi connectivity index (χ3v) is 5.20. The van der Waals surface area contributed by atoms with E-state index >= 15 is 0 Å². The molecule has 0 saturated heterocycles. The predicted molar refractivity (Wildman–Crippen MR) is 99.6 cm³/mol. The fourth-order valence-electron chi connectivity index (χ4n) is 3.51. The van der Waals surface area contributed by atoms with Crippen molar-refractivity contribution in [3.63, 3.8) is 0 Å². The van der Waals surface area contributed by atoms with Crippen LogP contribution in [0.25, 0.3) is 10.9 Å². The highest BCUT2D eigenvalue weighted by atomic mass is 16.5. The number of pyridine rings is 1. The highest BCUT2D eigenvalue weighted by molar-refractivity contribution is 5.87. The summed E-state index contributed by atoms with van der Waals surface area (Å²) in [7, 11) is 3.65. The molecular formula is C20H27N3O2. The van der Waals surface area contributed by atoms with Crippen molar-refractivity contribution in [2.75, 3.05) is 14.2 Å². The number of carbonyl (C=O) groups excluding carboxylic acids is 1. The summed E-state index contributed by atoms with van der Waals surface area (Å²) in [6.07, 6.45) is 6.43. The van der Waals surface area contributed by atoms with E-state index in [9.17, 15) is 4.79 Å². The average molecular weight is 341 g/mol. The van der Waals surface area contributed by atoms with Gasteiger partial charge in [0.05, 0.1) is 13.2 Å². The molecule has 0 spiro atoms. The molecule has 134 valence electrons. The summed E-state index contributed by atoms with van der Waals surface area (Å²) in [6, 6.07) is 8.17. The normalized spacial score (nSPS) is 16.3. The molecule has 1 heterocycles. The van der Waals surface area contributed by atoms with Crippen molar-refractivity contribution >= 4 is 16.8 Å². The zero-order valence-electron chi connectivity index (χ0n) is 15.3. The number of carbonyl (C=O) groups is 1. The lowest BCUT2D eigenvalue weighted by atomic mass is 10.1. The first kappa shape index (κ1) is 17.7. The summed E-state index contributed by atoms with van der Waals surface area (Å²) in [5, 5.41) is 4.25. The van der Waals surface area contributed by atoms with E-state index in [0.717, 1.165) is 35.1 Å². The number of aromatic nitrogens is 1. The second-order valence-electron chi connectivity index (χ2n) is 6.91. The number of ether oxygens (including phenoxy) is 1. The second-order valence-corrected chi connectivity index (χ2v) is 6.91.